The van der Waals surface area contributed by atoms with Gasteiger partial charge >= 0.3 is 0 Å². The van der Waals surface area contributed by atoms with E-state index in [1.165, 1.54) is 16.7 Å². The quantitative estimate of drug-likeness (QED) is 0.578. The summed E-state index contributed by atoms with van der Waals surface area (Å²) in [6.45, 7) is 6.38. The van der Waals surface area contributed by atoms with E-state index in [0.29, 0.717) is 0 Å². The fraction of sp³-hybridized carbons (Fsp3) is 0.333. The first-order chi connectivity index (χ1) is 7.27. The molecule has 0 N–H and O–H groups in total. The van der Waals surface area contributed by atoms with E-state index in [1.54, 1.807) is 0 Å². The Bertz CT molecular complexity index is 346. The third-order valence-electron chi connectivity index (χ3n) is 2.41. The average molecular weight is 200 g/mol. The second-order valence-electron chi connectivity index (χ2n) is 3.78. The molecule has 15 heavy (non-hydrogen) atoms. The lowest BCUT2D eigenvalue weighted by Gasteiger charge is -2.04. The minimum Gasteiger partial charge on any atom is -0.0871 e. The molecule has 0 atom stereocenters. The van der Waals surface area contributed by atoms with Crippen molar-refractivity contribution in [3.63, 3.8) is 0 Å². The van der Waals surface area contributed by atoms with Crippen LogP contribution in [0.15, 0.2) is 59.3 Å². The van der Waals surface area contributed by atoms with Crippen molar-refractivity contribution in [2.45, 2.75) is 33.6 Å². The lowest BCUT2D eigenvalue weighted by Crippen LogP contribution is -1.85. The number of rotatable bonds is 3. The predicted molar refractivity (Wildman–Crippen MR) is 68.8 cm³/mol. The molecule has 0 aromatic rings. The molecule has 0 heterocycles. The third kappa shape index (κ3) is 3.75. The maximum absolute atomic E-state index is 2.29. The van der Waals surface area contributed by atoms with Crippen molar-refractivity contribution in [2.75, 3.05) is 0 Å². The first-order valence-corrected chi connectivity index (χ1v) is 5.65. The van der Waals surface area contributed by atoms with Gasteiger partial charge in [0, 0.05) is 0 Å². The lowest BCUT2D eigenvalue weighted by molar-refractivity contribution is 1.17. The molecule has 1 aliphatic carbocycles. The normalized spacial score (nSPS) is 17.7. The van der Waals surface area contributed by atoms with Gasteiger partial charge in [-0.1, -0.05) is 55.0 Å². The SMILES string of the molecule is C/C=C\C(=C/CC)C1=CC=C(C)C=CC1. The van der Waals surface area contributed by atoms with Crippen LogP contribution < -0.4 is 0 Å². The third-order valence-corrected chi connectivity index (χ3v) is 2.41. The van der Waals surface area contributed by atoms with Crippen LogP contribution in [-0.2, 0) is 0 Å². The molecule has 0 radical (unpaired) electrons. The summed E-state index contributed by atoms with van der Waals surface area (Å²) in [5.41, 5.74) is 4.08. The van der Waals surface area contributed by atoms with Crippen molar-refractivity contribution >= 4 is 0 Å². The van der Waals surface area contributed by atoms with Crippen molar-refractivity contribution in [1.29, 1.82) is 0 Å². The van der Waals surface area contributed by atoms with E-state index in [9.17, 15) is 0 Å². The highest BCUT2D eigenvalue weighted by molar-refractivity contribution is 5.45. The Hall–Kier alpha value is -1.30. The Morgan fingerprint density at radius 3 is 2.87 bits per heavy atom. The molecule has 0 heteroatoms. The van der Waals surface area contributed by atoms with E-state index in [0.717, 1.165) is 12.8 Å². The number of hydrogen-bond donors (Lipinski definition) is 0. The molecule has 0 amide bonds. The zero-order chi connectivity index (χ0) is 11.1. The molecule has 0 aromatic heterocycles. The zero-order valence-electron chi connectivity index (χ0n) is 9.96. The summed E-state index contributed by atoms with van der Waals surface area (Å²) in [6, 6.07) is 0. The molecule has 0 unspecified atom stereocenters. The van der Waals surface area contributed by atoms with Crippen LogP contribution in [0.3, 0.4) is 0 Å². The molecular formula is C15H20. The van der Waals surface area contributed by atoms with E-state index in [1.807, 2.05) is 0 Å². The van der Waals surface area contributed by atoms with Gasteiger partial charge in [-0.3, -0.25) is 0 Å². The van der Waals surface area contributed by atoms with Gasteiger partial charge in [-0.15, -0.1) is 0 Å². The monoisotopic (exact) mass is 200 g/mol. The van der Waals surface area contributed by atoms with E-state index in [2.05, 4.69) is 63.3 Å². The maximum atomic E-state index is 2.29. The fourth-order valence-electron chi connectivity index (χ4n) is 1.65. The minimum atomic E-state index is 1.03. The lowest BCUT2D eigenvalue weighted by atomic mass is 10.0. The average Bonchev–Trinajstić information content (AvgIpc) is 2.43. The van der Waals surface area contributed by atoms with Gasteiger partial charge in [-0.2, -0.15) is 0 Å². The Morgan fingerprint density at radius 1 is 1.40 bits per heavy atom. The van der Waals surface area contributed by atoms with Crippen LogP contribution in [0.4, 0.5) is 0 Å². The van der Waals surface area contributed by atoms with Gasteiger partial charge < -0.3 is 0 Å². The summed E-state index contributed by atoms with van der Waals surface area (Å²) in [4.78, 5) is 0. The highest BCUT2D eigenvalue weighted by atomic mass is 14.1. The van der Waals surface area contributed by atoms with Crippen molar-refractivity contribution in [2.24, 2.45) is 0 Å². The van der Waals surface area contributed by atoms with E-state index < -0.39 is 0 Å². The van der Waals surface area contributed by atoms with Crippen molar-refractivity contribution < 1.29 is 0 Å². The van der Waals surface area contributed by atoms with Crippen LogP contribution in [0, 0.1) is 0 Å². The van der Waals surface area contributed by atoms with Gasteiger partial charge in [-0.25, -0.2) is 0 Å². The standard InChI is InChI=1S/C15H20/c1-4-7-14(8-5-2)15-10-6-9-13(3)11-12-15/h4,6-9,11-12H,5,10H2,1-3H3/b7-4-,14-8+. The van der Waals surface area contributed by atoms with Gasteiger partial charge in [0.15, 0.2) is 0 Å². The van der Waals surface area contributed by atoms with E-state index in [4.69, 9.17) is 0 Å². The van der Waals surface area contributed by atoms with E-state index >= 15 is 0 Å². The fourth-order valence-corrected chi connectivity index (χ4v) is 1.65. The Morgan fingerprint density at radius 2 is 2.20 bits per heavy atom. The smallest absolute Gasteiger partial charge is 0.00884 e. The van der Waals surface area contributed by atoms with Gasteiger partial charge in [0.2, 0.25) is 0 Å². The first kappa shape index (κ1) is 11.8. The molecule has 0 saturated carbocycles. The highest BCUT2D eigenvalue weighted by Gasteiger charge is 2.01. The summed E-state index contributed by atoms with van der Waals surface area (Å²) >= 11 is 0. The summed E-state index contributed by atoms with van der Waals surface area (Å²) in [6.07, 6.45) is 17.5. The maximum Gasteiger partial charge on any atom is -0.00884 e. The Balaban J connectivity index is 2.95. The molecule has 0 saturated heterocycles. The van der Waals surface area contributed by atoms with Crippen LogP contribution in [0.1, 0.15) is 33.6 Å². The topological polar surface area (TPSA) is 0 Å². The predicted octanol–water partition coefficient (Wildman–Crippen LogP) is 4.73. The summed E-state index contributed by atoms with van der Waals surface area (Å²) in [5.74, 6) is 0. The highest BCUT2D eigenvalue weighted by Crippen LogP contribution is 2.20. The zero-order valence-corrected chi connectivity index (χ0v) is 9.96. The molecule has 0 aliphatic heterocycles. The molecule has 1 aliphatic rings. The molecule has 0 bridgehead atoms. The van der Waals surface area contributed by atoms with Gasteiger partial charge in [-0.05, 0) is 37.8 Å². The van der Waals surface area contributed by atoms with Crippen LogP contribution >= 0.6 is 0 Å². The largest absolute Gasteiger partial charge is 0.0871 e. The first-order valence-electron chi connectivity index (χ1n) is 5.65. The molecule has 0 fully saturated rings. The molecular weight excluding hydrogens is 180 g/mol. The number of hydrogen-bond acceptors (Lipinski definition) is 0. The molecule has 0 nitrogen and oxygen atoms in total. The molecule has 1 rings (SSSR count). The van der Waals surface area contributed by atoms with Crippen molar-refractivity contribution in [3.05, 3.63) is 59.3 Å². The van der Waals surface area contributed by atoms with E-state index in [-0.39, 0.29) is 0 Å². The van der Waals surface area contributed by atoms with Gasteiger partial charge in [0.1, 0.15) is 0 Å². The molecule has 0 spiro atoms. The van der Waals surface area contributed by atoms with Crippen LogP contribution in [0.25, 0.3) is 0 Å². The van der Waals surface area contributed by atoms with Crippen molar-refractivity contribution in [1.82, 2.24) is 0 Å². The van der Waals surface area contributed by atoms with Gasteiger partial charge in [0.25, 0.3) is 0 Å². The molecule has 0 aromatic carbocycles. The van der Waals surface area contributed by atoms with Crippen LogP contribution in [-0.4, -0.2) is 0 Å². The summed E-state index contributed by atoms with van der Waals surface area (Å²) < 4.78 is 0. The molecule has 80 valence electrons. The van der Waals surface area contributed by atoms with Gasteiger partial charge in [0.05, 0.1) is 0 Å². The summed E-state index contributed by atoms with van der Waals surface area (Å²) in [7, 11) is 0. The second kappa shape index (κ2) is 6.23. The van der Waals surface area contributed by atoms with Crippen LogP contribution in [0.2, 0.25) is 0 Å². The number of allylic oxidation sites excluding steroid dienone is 10. The summed E-state index contributed by atoms with van der Waals surface area (Å²) in [5, 5.41) is 0. The van der Waals surface area contributed by atoms with Crippen molar-refractivity contribution in [3.8, 4) is 0 Å². The minimum absolute atomic E-state index is 1.03. The second-order valence-corrected chi connectivity index (χ2v) is 3.78. The Labute approximate surface area is 93.4 Å². The van der Waals surface area contributed by atoms with Crippen LogP contribution in [0.5, 0.6) is 0 Å². The Kier molecular flexibility index (Phi) is 4.89.